The highest BCUT2D eigenvalue weighted by Crippen LogP contribution is 2.20. The first-order chi connectivity index (χ1) is 8.06. The molecule has 0 bridgehead atoms. The number of amides is 2. The Bertz CT molecular complexity index is 467. The molecule has 1 saturated carbocycles. The summed E-state index contributed by atoms with van der Waals surface area (Å²) in [6, 6.07) is 4.71. The number of anilines is 1. The number of carbonyl (C=O) groups is 2. The molecule has 2 rings (SSSR count). The van der Waals surface area contributed by atoms with Crippen LogP contribution in [-0.4, -0.2) is 23.0 Å². The normalized spacial score (nSPS) is 14.2. The molecule has 1 aliphatic carbocycles. The zero-order chi connectivity index (χ0) is 12.4. The zero-order valence-electron chi connectivity index (χ0n) is 9.49. The lowest BCUT2D eigenvalue weighted by Gasteiger charge is -2.08. The van der Waals surface area contributed by atoms with Crippen LogP contribution in [0.2, 0.25) is 0 Å². The van der Waals surface area contributed by atoms with E-state index in [1.807, 2.05) is 0 Å². The van der Waals surface area contributed by atoms with Gasteiger partial charge in [0, 0.05) is 11.7 Å². The summed E-state index contributed by atoms with van der Waals surface area (Å²) in [6.07, 6.45) is 1.88. The van der Waals surface area contributed by atoms with E-state index < -0.39 is 11.8 Å². The van der Waals surface area contributed by atoms with Crippen molar-refractivity contribution in [3.8, 4) is 5.75 Å². The Morgan fingerprint density at radius 3 is 2.59 bits per heavy atom. The van der Waals surface area contributed by atoms with E-state index >= 15 is 0 Å². The van der Waals surface area contributed by atoms with Crippen LogP contribution in [-0.2, 0) is 9.59 Å². The maximum absolute atomic E-state index is 11.5. The molecule has 0 aromatic heterocycles. The van der Waals surface area contributed by atoms with Crippen molar-refractivity contribution in [3.05, 3.63) is 23.8 Å². The molecule has 1 fully saturated rings. The molecule has 0 radical (unpaired) electrons. The topological polar surface area (TPSA) is 78.4 Å². The molecule has 5 heteroatoms. The van der Waals surface area contributed by atoms with Crippen molar-refractivity contribution in [1.29, 1.82) is 0 Å². The number of rotatable bonds is 2. The van der Waals surface area contributed by atoms with Crippen molar-refractivity contribution < 1.29 is 14.7 Å². The maximum atomic E-state index is 11.5. The molecule has 3 N–H and O–H groups in total. The van der Waals surface area contributed by atoms with E-state index in [0.29, 0.717) is 11.3 Å². The number of aryl methyl sites for hydroxylation is 1. The summed E-state index contributed by atoms with van der Waals surface area (Å²) in [6.45, 7) is 1.74. The molecule has 0 saturated heterocycles. The summed E-state index contributed by atoms with van der Waals surface area (Å²) in [5.74, 6) is -1.16. The van der Waals surface area contributed by atoms with Gasteiger partial charge in [-0.1, -0.05) is 0 Å². The Balaban J connectivity index is 1.99. The highest BCUT2D eigenvalue weighted by Gasteiger charge is 2.26. The van der Waals surface area contributed by atoms with Gasteiger partial charge >= 0.3 is 11.8 Å². The van der Waals surface area contributed by atoms with Gasteiger partial charge < -0.3 is 15.7 Å². The molecular weight excluding hydrogens is 220 g/mol. The van der Waals surface area contributed by atoms with Crippen molar-refractivity contribution >= 4 is 17.5 Å². The fourth-order valence-electron chi connectivity index (χ4n) is 1.45. The van der Waals surface area contributed by atoms with Gasteiger partial charge in [0.15, 0.2) is 0 Å². The number of phenolic OH excluding ortho intramolecular Hbond substituents is 1. The standard InChI is InChI=1S/C12H14N2O3/c1-7-6-9(15)4-5-10(7)14-12(17)11(16)13-8-2-3-8/h4-6,8,15H,2-3H2,1H3,(H,13,16)(H,14,17). The van der Waals surface area contributed by atoms with Crippen molar-refractivity contribution in [3.63, 3.8) is 0 Å². The van der Waals surface area contributed by atoms with E-state index in [9.17, 15) is 14.7 Å². The Hall–Kier alpha value is -2.04. The fraction of sp³-hybridized carbons (Fsp3) is 0.333. The van der Waals surface area contributed by atoms with Crippen LogP contribution in [0, 0.1) is 6.92 Å². The van der Waals surface area contributed by atoms with Gasteiger partial charge in [-0.25, -0.2) is 0 Å². The van der Waals surface area contributed by atoms with Crippen LogP contribution in [0.3, 0.4) is 0 Å². The second-order valence-corrected chi connectivity index (χ2v) is 4.20. The molecule has 1 aliphatic rings. The summed E-state index contributed by atoms with van der Waals surface area (Å²) >= 11 is 0. The predicted octanol–water partition coefficient (Wildman–Crippen LogP) is 0.918. The first-order valence-electron chi connectivity index (χ1n) is 5.48. The average Bonchev–Trinajstić information content (AvgIpc) is 3.06. The SMILES string of the molecule is Cc1cc(O)ccc1NC(=O)C(=O)NC1CC1. The molecule has 0 spiro atoms. The summed E-state index contributed by atoms with van der Waals surface area (Å²) in [4.78, 5) is 22.9. The van der Waals surface area contributed by atoms with E-state index in [1.165, 1.54) is 12.1 Å². The second kappa shape index (κ2) is 4.45. The summed E-state index contributed by atoms with van der Waals surface area (Å²) < 4.78 is 0. The summed E-state index contributed by atoms with van der Waals surface area (Å²) in [7, 11) is 0. The molecule has 0 unspecified atom stereocenters. The van der Waals surface area contributed by atoms with Crippen LogP contribution < -0.4 is 10.6 Å². The van der Waals surface area contributed by atoms with Gasteiger partial charge in [0.05, 0.1) is 0 Å². The minimum atomic E-state index is -0.675. The largest absolute Gasteiger partial charge is 0.508 e. The third-order valence-electron chi connectivity index (χ3n) is 2.58. The van der Waals surface area contributed by atoms with Crippen molar-refractivity contribution in [1.82, 2.24) is 5.32 Å². The Morgan fingerprint density at radius 2 is 2.00 bits per heavy atom. The molecular formula is C12H14N2O3. The molecule has 0 heterocycles. The number of phenols is 1. The Labute approximate surface area is 98.8 Å². The number of benzene rings is 1. The van der Waals surface area contributed by atoms with Gasteiger partial charge in [0.1, 0.15) is 5.75 Å². The van der Waals surface area contributed by atoms with E-state index in [2.05, 4.69) is 10.6 Å². The van der Waals surface area contributed by atoms with Crippen LogP contribution in [0.1, 0.15) is 18.4 Å². The van der Waals surface area contributed by atoms with Gasteiger partial charge in [0.25, 0.3) is 0 Å². The molecule has 17 heavy (non-hydrogen) atoms. The van der Waals surface area contributed by atoms with E-state index in [1.54, 1.807) is 13.0 Å². The van der Waals surface area contributed by atoms with E-state index in [0.717, 1.165) is 12.8 Å². The average molecular weight is 234 g/mol. The highest BCUT2D eigenvalue weighted by atomic mass is 16.3. The Kier molecular flexibility index (Phi) is 2.99. The number of carbonyl (C=O) groups excluding carboxylic acids is 2. The quantitative estimate of drug-likeness (QED) is 0.526. The van der Waals surface area contributed by atoms with Crippen LogP contribution in [0.4, 0.5) is 5.69 Å². The first-order valence-corrected chi connectivity index (χ1v) is 5.48. The third-order valence-corrected chi connectivity index (χ3v) is 2.58. The zero-order valence-corrected chi connectivity index (χ0v) is 9.49. The monoisotopic (exact) mass is 234 g/mol. The van der Waals surface area contributed by atoms with E-state index in [-0.39, 0.29) is 11.8 Å². The van der Waals surface area contributed by atoms with Gasteiger partial charge in [-0.15, -0.1) is 0 Å². The minimum Gasteiger partial charge on any atom is -0.508 e. The minimum absolute atomic E-state index is 0.128. The Morgan fingerprint density at radius 1 is 1.29 bits per heavy atom. The lowest BCUT2D eigenvalue weighted by atomic mass is 10.2. The maximum Gasteiger partial charge on any atom is 0.313 e. The molecule has 0 aliphatic heterocycles. The predicted molar refractivity (Wildman–Crippen MR) is 62.6 cm³/mol. The van der Waals surface area contributed by atoms with Crippen molar-refractivity contribution in [2.45, 2.75) is 25.8 Å². The molecule has 2 amide bonds. The lowest BCUT2D eigenvalue weighted by Crippen LogP contribution is -2.36. The van der Waals surface area contributed by atoms with Crippen LogP contribution in [0.5, 0.6) is 5.75 Å². The van der Waals surface area contributed by atoms with Gasteiger partial charge in [-0.3, -0.25) is 9.59 Å². The van der Waals surface area contributed by atoms with Crippen LogP contribution >= 0.6 is 0 Å². The van der Waals surface area contributed by atoms with Crippen LogP contribution in [0.25, 0.3) is 0 Å². The smallest absolute Gasteiger partial charge is 0.313 e. The molecule has 90 valence electrons. The van der Waals surface area contributed by atoms with Crippen molar-refractivity contribution in [2.75, 3.05) is 5.32 Å². The number of aromatic hydroxyl groups is 1. The van der Waals surface area contributed by atoms with E-state index in [4.69, 9.17) is 0 Å². The van der Waals surface area contributed by atoms with Gasteiger partial charge in [-0.05, 0) is 43.5 Å². The number of hydrogen-bond acceptors (Lipinski definition) is 3. The molecule has 1 aromatic rings. The highest BCUT2D eigenvalue weighted by molar-refractivity contribution is 6.39. The number of hydrogen-bond donors (Lipinski definition) is 3. The second-order valence-electron chi connectivity index (χ2n) is 4.20. The molecule has 1 aromatic carbocycles. The van der Waals surface area contributed by atoms with Crippen LogP contribution in [0.15, 0.2) is 18.2 Å². The molecule has 5 nitrogen and oxygen atoms in total. The number of nitrogens with one attached hydrogen (secondary N) is 2. The third kappa shape index (κ3) is 2.96. The summed E-state index contributed by atoms with van der Waals surface area (Å²) in [5.41, 5.74) is 1.23. The van der Waals surface area contributed by atoms with Gasteiger partial charge in [-0.2, -0.15) is 0 Å². The first kappa shape index (κ1) is 11.4. The molecule has 0 atom stereocenters. The lowest BCUT2D eigenvalue weighted by molar-refractivity contribution is -0.136. The van der Waals surface area contributed by atoms with Gasteiger partial charge in [0.2, 0.25) is 0 Å². The fourth-order valence-corrected chi connectivity index (χ4v) is 1.45. The summed E-state index contributed by atoms with van der Waals surface area (Å²) in [5, 5.41) is 14.3. The van der Waals surface area contributed by atoms with Crippen molar-refractivity contribution in [2.24, 2.45) is 0 Å².